The van der Waals surface area contributed by atoms with Crippen molar-refractivity contribution in [2.45, 2.75) is 39.0 Å². The smallest absolute Gasteiger partial charge is 0.00373 e. The quantitative estimate of drug-likeness (QED) is 0.622. The van der Waals surface area contributed by atoms with Gasteiger partial charge >= 0.3 is 0 Å². The van der Waals surface area contributed by atoms with Gasteiger partial charge in [-0.1, -0.05) is 26.2 Å². The lowest BCUT2D eigenvalue weighted by atomic mass is 10.1. The summed E-state index contributed by atoms with van der Waals surface area (Å²) in [5, 5.41) is 0. The molecule has 0 saturated carbocycles. The Morgan fingerprint density at radius 1 is 1.27 bits per heavy atom. The normalized spacial score (nSPS) is 10.3. The van der Waals surface area contributed by atoms with Crippen LogP contribution in [0.2, 0.25) is 0 Å². The predicted molar refractivity (Wildman–Crippen MR) is 48.6 cm³/mol. The van der Waals surface area contributed by atoms with E-state index in [0.717, 1.165) is 0 Å². The van der Waals surface area contributed by atoms with Crippen molar-refractivity contribution in [2.75, 3.05) is 0 Å². The second-order valence-electron chi connectivity index (χ2n) is 3.03. The molecule has 0 aliphatic rings. The van der Waals surface area contributed by atoms with Crippen molar-refractivity contribution in [1.82, 2.24) is 4.98 Å². The second-order valence-corrected chi connectivity index (χ2v) is 3.03. The number of nitrogens with one attached hydrogen (secondary N) is 1. The van der Waals surface area contributed by atoms with Crippen LogP contribution in [0.1, 0.15) is 38.2 Å². The molecule has 0 aromatic carbocycles. The van der Waals surface area contributed by atoms with Crippen molar-refractivity contribution in [1.29, 1.82) is 0 Å². The summed E-state index contributed by atoms with van der Waals surface area (Å²) in [4.78, 5) is 3.07. The van der Waals surface area contributed by atoms with E-state index in [0.29, 0.717) is 0 Å². The van der Waals surface area contributed by atoms with Crippen molar-refractivity contribution in [3.05, 3.63) is 24.0 Å². The van der Waals surface area contributed by atoms with Gasteiger partial charge in [0.25, 0.3) is 0 Å². The fourth-order valence-corrected chi connectivity index (χ4v) is 1.27. The molecule has 0 unspecified atom stereocenters. The van der Waals surface area contributed by atoms with Gasteiger partial charge in [-0.05, 0) is 24.5 Å². The zero-order chi connectivity index (χ0) is 7.94. The first-order chi connectivity index (χ1) is 5.43. The SMILES string of the molecule is CCCCCCc1cc[nH]c1. The minimum Gasteiger partial charge on any atom is -0.367 e. The molecule has 1 heterocycles. The Hall–Kier alpha value is -0.720. The average Bonchev–Trinajstić information content (AvgIpc) is 2.50. The molecule has 0 atom stereocenters. The standard InChI is InChI=1S/C10H17N/c1-2-3-4-5-6-10-7-8-11-9-10/h7-9,11H,2-6H2,1H3. The molecule has 1 nitrogen and oxygen atoms in total. The average molecular weight is 151 g/mol. The molecule has 0 bridgehead atoms. The first kappa shape index (κ1) is 8.38. The molecule has 0 spiro atoms. The van der Waals surface area contributed by atoms with Gasteiger partial charge in [-0.15, -0.1) is 0 Å². The third kappa shape index (κ3) is 3.26. The number of unbranched alkanes of at least 4 members (excludes halogenated alkanes) is 3. The van der Waals surface area contributed by atoms with Gasteiger partial charge in [0, 0.05) is 12.4 Å². The van der Waals surface area contributed by atoms with E-state index in [1.165, 1.54) is 37.7 Å². The van der Waals surface area contributed by atoms with Crippen molar-refractivity contribution >= 4 is 0 Å². The molecule has 0 aliphatic carbocycles. The van der Waals surface area contributed by atoms with E-state index >= 15 is 0 Å². The summed E-state index contributed by atoms with van der Waals surface area (Å²) in [6, 6.07) is 2.16. The Bertz CT molecular complexity index is 165. The summed E-state index contributed by atoms with van der Waals surface area (Å²) in [5.41, 5.74) is 1.45. The summed E-state index contributed by atoms with van der Waals surface area (Å²) in [6.07, 6.45) is 10.7. The molecular formula is C10H17N. The van der Waals surface area contributed by atoms with Crippen molar-refractivity contribution in [2.24, 2.45) is 0 Å². The van der Waals surface area contributed by atoms with Crippen LogP contribution in [0.15, 0.2) is 18.5 Å². The number of hydrogen-bond acceptors (Lipinski definition) is 0. The van der Waals surface area contributed by atoms with Crippen LogP contribution in [-0.4, -0.2) is 4.98 Å². The predicted octanol–water partition coefficient (Wildman–Crippen LogP) is 3.14. The number of hydrogen-bond donors (Lipinski definition) is 1. The van der Waals surface area contributed by atoms with E-state index in [1.807, 2.05) is 6.20 Å². The number of aromatic amines is 1. The van der Waals surface area contributed by atoms with E-state index in [-0.39, 0.29) is 0 Å². The highest BCUT2D eigenvalue weighted by molar-refractivity contribution is 5.07. The van der Waals surface area contributed by atoms with Gasteiger partial charge in [-0.2, -0.15) is 0 Å². The number of rotatable bonds is 5. The van der Waals surface area contributed by atoms with Gasteiger partial charge in [0.15, 0.2) is 0 Å². The van der Waals surface area contributed by atoms with Crippen molar-refractivity contribution in [3.8, 4) is 0 Å². The summed E-state index contributed by atoms with van der Waals surface area (Å²) < 4.78 is 0. The molecule has 0 aliphatic heterocycles. The van der Waals surface area contributed by atoms with Crippen LogP contribution in [0.5, 0.6) is 0 Å². The molecule has 62 valence electrons. The molecule has 0 amide bonds. The molecule has 1 heteroatoms. The summed E-state index contributed by atoms with van der Waals surface area (Å²) in [6.45, 7) is 2.25. The van der Waals surface area contributed by atoms with Crippen LogP contribution in [0, 0.1) is 0 Å². The zero-order valence-corrected chi connectivity index (χ0v) is 7.27. The number of aromatic nitrogens is 1. The van der Waals surface area contributed by atoms with Crippen molar-refractivity contribution in [3.63, 3.8) is 0 Å². The van der Waals surface area contributed by atoms with E-state index in [9.17, 15) is 0 Å². The van der Waals surface area contributed by atoms with E-state index in [2.05, 4.69) is 24.2 Å². The summed E-state index contributed by atoms with van der Waals surface area (Å²) >= 11 is 0. The third-order valence-corrected chi connectivity index (χ3v) is 1.98. The zero-order valence-electron chi connectivity index (χ0n) is 7.27. The molecular weight excluding hydrogens is 134 g/mol. The topological polar surface area (TPSA) is 15.8 Å². The fourth-order valence-electron chi connectivity index (χ4n) is 1.27. The van der Waals surface area contributed by atoms with E-state index < -0.39 is 0 Å². The van der Waals surface area contributed by atoms with Crippen LogP contribution in [0.25, 0.3) is 0 Å². The minimum absolute atomic E-state index is 1.24. The lowest BCUT2D eigenvalue weighted by Crippen LogP contribution is -1.81. The van der Waals surface area contributed by atoms with Gasteiger partial charge in [0.2, 0.25) is 0 Å². The summed E-state index contributed by atoms with van der Waals surface area (Å²) in [5.74, 6) is 0. The van der Waals surface area contributed by atoms with E-state index in [4.69, 9.17) is 0 Å². The van der Waals surface area contributed by atoms with Gasteiger partial charge < -0.3 is 4.98 Å². The minimum atomic E-state index is 1.24. The van der Waals surface area contributed by atoms with Crippen LogP contribution in [-0.2, 0) is 6.42 Å². The summed E-state index contributed by atoms with van der Waals surface area (Å²) in [7, 11) is 0. The third-order valence-electron chi connectivity index (χ3n) is 1.98. The first-order valence-electron chi connectivity index (χ1n) is 4.55. The van der Waals surface area contributed by atoms with Crippen LogP contribution in [0.4, 0.5) is 0 Å². The highest BCUT2D eigenvalue weighted by Gasteiger charge is 1.91. The lowest BCUT2D eigenvalue weighted by molar-refractivity contribution is 0.667. The monoisotopic (exact) mass is 151 g/mol. The lowest BCUT2D eigenvalue weighted by Gasteiger charge is -1.96. The Morgan fingerprint density at radius 3 is 2.82 bits per heavy atom. The fraction of sp³-hybridized carbons (Fsp3) is 0.600. The Kier molecular flexibility index (Phi) is 3.81. The van der Waals surface area contributed by atoms with Gasteiger partial charge in [0.05, 0.1) is 0 Å². The Balaban J connectivity index is 2.04. The first-order valence-corrected chi connectivity index (χ1v) is 4.55. The Labute approximate surface area is 68.8 Å². The van der Waals surface area contributed by atoms with Crippen LogP contribution >= 0.6 is 0 Å². The Morgan fingerprint density at radius 2 is 2.18 bits per heavy atom. The maximum atomic E-state index is 3.07. The maximum Gasteiger partial charge on any atom is 0.00373 e. The van der Waals surface area contributed by atoms with E-state index in [1.54, 1.807) is 0 Å². The number of H-pyrrole nitrogens is 1. The molecule has 1 rings (SSSR count). The van der Waals surface area contributed by atoms with Crippen LogP contribution < -0.4 is 0 Å². The van der Waals surface area contributed by atoms with Gasteiger partial charge in [-0.3, -0.25) is 0 Å². The molecule has 1 aromatic rings. The van der Waals surface area contributed by atoms with Gasteiger partial charge in [0.1, 0.15) is 0 Å². The molecule has 0 radical (unpaired) electrons. The maximum absolute atomic E-state index is 3.07. The highest BCUT2D eigenvalue weighted by atomic mass is 14.6. The van der Waals surface area contributed by atoms with Gasteiger partial charge in [-0.25, -0.2) is 0 Å². The molecule has 0 saturated heterocycles. The molecule has 11 heavy (non-hydrogen) atoms. The second kappa shape index (κ2) is 5.00. The highest BCUT2D eigenvalue weighted by Crippen LogP contribution is 2.06. The molecule has 1 aromatic heterocycles. The number of aryl methyl sites for hydroxylation is 1. The largest absolute Gasteiger partial charge is 0.367 e. The van der Waals surface area contributed by atoms with Crippen LogP contribution in [0.3, 0.4) is 0 Å². The molecule has 1 N–H and O–H groups in total. The van der Waals surface area contributed by atoms with Crippen molar-refractivity contribution < 1.29 is 0 Å². The molecule has 0 fully saturated rings.